The molecule has 0 fully saturated rings. The molecule has 0 amide bonds. The molecule has 0 saturated heterocycles. The fourth-order valence-electron chi connectivity index (χ4n) is 1.50. The topological polar surface area (TPSA) is 21.7 Å². The first-order chi connectivity index (χ1) is 5.51. The number of rotatable bonds is 5. The Labute approximate surface area is 75.6 Å². The predicted molar refractivity (Wildman–Crippen MR) is 50.1 cm³/mol. The van der Waals surface area contributed by atoms with Gasteiger partial charge in [-0.25, -0.2) is 0 Å². The third kappa shape index (κ3) is 2.19. The van der Waals surface area contributed by atoms with E-state index in [-0.39, 0.29) is 5.72 Å². The van der Waals surface area contributed by atoms with Crippen LogP contribution in [-0.2, 0) is 9.47 Å². The maximum atomic E-state index is 5.50. The van der Waals surface area contributed by atoms with E-state index in [1.165, 1.54) is 0 Å². The fourth-order valence-corrected chi connectivity index (χ4v) is 1.50. The summed E-state index contributed by atoms with van der Waals surface area (Å²) in [5.41, 5.74) is -0.297. The Balaban J connectivity index is 4.51. The molecular weight excluding hydrogens is 154 g/mol. The van der Waals surface area contributed by atoms with Crippen LogP contribution in [0.1, 0.15) is 13.8 Å². The highest BCUT2D eigenvalue weighted by molar-refractivity contribution is 4.80. The van der Waals surface area contributed by atoms with E-state index in [2.05, 4.69) is 18.7 Å². The molecule has 3 heteroatoms. The molecule has 0 aromatic heterocycles. The van der Waals surface area contributed by atoms with Gasteiger partial charge in [-0.05, 0) is 20.0 Å². The molecule has 0 aliphatic carbocycles. The summed E-state index contributed by atoms with van der Waals surface area (Å²) in [5, 5.41) is 0. The van der Waals surface area contributed by atoms with Gasteiger partial charge in [0.05, 0.1) is 6.61 Å². The van der Waals surface area contributed by atoms with Gasteiger partial charge in [-0.2, -0.15) is 0 Å². The van der Waals surface area contributed by atoms with Crippen LogP contribution in [0.25, 0.3) is 0 Å². The molecule has 74 valence electrons. The Morgan fingerprint density at radius 3 is 1.83 bits per heavy atom. The van der Waals surface area contributed by atoms with E-state index in [0.29, 0.717) is 12.5 Å². The van der Waals surface area contributed by atoms with Gasteiger partial charge in [0, 0.05) is 14.2 Å². The van der Waals surface area contributed by atoms with E-state index in [9.17, 15) is 0 Å². The van der Waals surface area contributed by atoms with Gasteiger partial charge in [-0.3, -0.25) is 4.90 Å². The summed E-state index contributed by atoms with van der Waals surface area (Å²) in [6.07, 6.45) is 0. The maximum Gasteiger partial charge on any atom is 0.146 e. The zero-order valence-corrected chi connectivity index (χ0v) is 9.05. The minimum atomic E-state index is -0.297. The van der Waals surface area contributed by atoms with Gasteiger partial charge in [0.25, 0.3) is 0 Å². The van der Waals surface area contributed by atoms with E-state index < -0.39 is 0 Å². The summed E-state index contributed by atoms with van der Waals surface area (Å²) >= 11 is 0. The monoisotopic (exact) mass is 175 g/mol. The number of ether oxygens (including phenoxy) is 2. The van der Waals surface area contributed by atoms with Crippen molar-refractivity contribution in [3.63, 3.8) is 0 Å². The first kappa shape index (κ1) is 11.9. The number of hydrogen-bond acceptors (Lipinski definition) is 3. The lowest BCUT2D eigenvalue weighted by Gasteiger charge is -2.41. The molecule has 0 radical (unpaired) electrons. The molecule has 0 aromatic rings. The van der Waals surface area contributed by atoms with Crippen molar-refractivity contribution in [2.75, 3.05) is 34.9 Å². The van der Waals surface area contributed by atoms with Crippen molar-refractivity contribution in [3.8, 4) is 0 Å². The van der Waals surface area contributed by atoms with Crippen LogP contribution >= 0.6 is 0 Å². The highest BCUT2D eigenvalue weighted by Crippen LogP contribution is 2.23. The van der Waals surface area contributed by atoms with Gasteiger partial charge in [0.2, 0.25) is 0 Å². The lowest BCUT2D eigenvalue weighted by Crippen LogP contribution is -2.53. The third-order valence-electron chi connectivity index (χ3n) is 2.36. The Morgan fingerprint density at radius 1 is 1.25 bits per heavy atom. The van der Waals surface area contributed by atoms with Crippen LogP contribution in [0.5, 0.6) is 0 Å². The highest BCUT2D eigenvalue weighted by Gasteiger charge is 2.36. The zero-order valence-electron chi connectivity index (χ0n) is 9.05. The lowest BCUT2D eigenvalue weighted by atomic mass is 9.99. The standard InChI is InChI=1S/C9H21NO2/c1-8(2)9(12-6,7-11-5)10(3)4/h8H,7H2,1-6H3. The maximum absolute atomic E-state index is 5.50. The second-order valence-electron chi connectivity index (χ2n) is 3.53. The molecule has 0 bridgehead atoms. The van der Waals surface area contributed by atoms with Crippen molar-refractivity contribution in [1.82, 2.24) is 4.90 Å². The van der Waals surface area contributed by atoms with Crippen LogP contribution < -0.4 is 0 Å². The quantitative estimate of drug-likeness (QED) is 0.586. The molecule has 0 heterocycles. The zero-order chi connectivity index (χ0) is 9.78. The van der Waals surface area contributed by atoms with Gasteiger partial charge in [-0.15, -0.1) is 0 Å². The summed E-state index contributed by atoms with van der Waals surface area (Å²) in [7, 11) is 7.42. The third-order valence-corrected chi connectivity index (χ3v) is 2.36. The summed E-state index contributed by atoms with van der Waals surface area (Å²) in [4.78, 5) is 2.06. The Bertz CT molecular complexity index is 116. The first-order valence-electron chi connectivity index (χ1n) is 4.22. The van der Waals surface area contributed by atoms with E-state index in [0.717, 1.165) is 0 Å². The molecule has 0 rings (SSSR count). The molecule has 0 saturated carbocycles. The number of likely N-dealkylation sites (N-methyl/N-ethyl adjacent to an activating group) is 1. The average Bonchev–Trinajstić information content (AvgIpc) is 1.98. The molecular formula is C9H21NO2. The second-order valence-corrected chi connectivity index (χ2v) is 3.53. The van der Waals surface area contributed by atoms with E-state index in [4.69, 9.17) is 9.47 Å². The Hall–Kier alpha value is -0.120. The molecule has 0 aliphatic rings. The van der Waals surface area contributed by atoms with Crippen molar-refractivity contribution in [3.05, 3.63) is 0 Å². The van der Waals surface area contributed by atoms with E-state index in [1.807, 2.05) is 14.1 Å². The largest absolute Gasteiger partial charge is 0.380 e. The Kier molecular flexibility index (Phi) is 4.75. The van der Waals surface area contributed by atoms with Crippen LogP contribution in [0, 0.1) is 5.92 Å². The van der Waals surface area contributed by atoms with Crippen LogP contribution in [0.3, 0.4) is 0 Å². The molecule has 0 aromatic carbocycles. The normalized spacial score (nSPS) is 17.0. The molecule has 0 aliphatic heterocycles. The van der Waals surface area contributed by atoms with Crippen molar-refractivity contribution >= 4 is 0 Å². The summed E-state index contributed by atoms with van der Waals surface area (Å²) in [5.74, 6) is 0.400. The summed E-state index contributed by atoms with van der Waals surface area (Å²) in [6.45, 7) is 4.85. The SMILES string of the molecule is COCC(OC)(C(C)C)N(C)C. The van der Waals surface area contributed by atoms with Crippen LogP contribution in [-0.4, -0.2) is 45.5 Å². The first-order valence-corrected chi connectivity index (χ1v) is 4.22. The average molecular weight is 175 g/mol. The highest BCUT2D eigenvalue weighted by atomic mass is 16.5. The number of methoxy groups -OCH3 is 2. The smallest absolute Gasteiger partial charge is 0.146 e. The molecule has 1 atom stereocenters. The number of hydrogen-bond donors (Lipinski definition) is 0. The van der Waals surface area contributed by atoms with E-state index >= 15 is 0 Å². The Morgan fingerprint density at radius 2 is 1.75 bits per heavy atom. The number of nitrogens with zero attached hydrogens (tertiary/aromatic N) is 1. The molecule has 1 unspecified atom stereocenters. The van der Waals surface area contributed by atoms with Crippen LogP contribution in [0.2, 0.25) is 0 Å². The molecule has 12 heavy (non-hydrogen) atoms. The molecule has 3 nitrogen and oxygen atoms in total. The second kappa shape index (κ2) is 4.80. The summed E-state index contributed by atoms with van der Waals surface area (Å²) in [6, 6.07) is 0. The van der Waals surface area contributed by atoms with Gasteiger partial charge in [0.15, 0.2) is 0 Å². The molecule has 0 spiro atoms. The fraction of sp³-hybridized carbons (Fsp3) is 1.00. The predicted octanol–water partition coefficient (Wildman–Crippen LogP) is 1.19. The summed E-state index contributed by atoms with van der Waals surface area (Å²) < 4.78 is 10.7. The van der Waals surface area contributed by atoms with Gasteiger partial charge >= 0.3 is 0 Å². The lowest BCUT2D eigenvalue weighted by molar-refractivity contribution is -0.178. The van der Waals surface area contributed by atoms with Gasteiger partial charge in [0.1, 0.15) is 5.72 Å². The van der Waals surface area contributed by atoms with Crippen molar-refractivity contribution < 1.29 is 9.47 Å². The molecule has 0 N–H and O–H groups in total. The van der Waals surface area contributed by atoms with Crippen LogP contribution in [0.15, 0.2) is 0 Å². The van der Waals surface area contributed by atoms with Crippen molar-refractivity contribution in [2.45, 2.75) is 19.6 Å². The van der Waals surface area contributed by atoms with Gasteiger partial charge < -0.3 is 9.47 Å². The minimum absolute atomic E-state index is 0.297. The van der Waals surface area contributed by atoms with Crippen molar-refractivity contribution in [2.24, 2.45) is 5.92 Å². The van der Waals surface area contributed by atoms with Crippen LogP contribution in [0.4, 0.5) is 0 Å². The minimum Gasteiger partial charge on any atom is -0.380 e. The van der Waals surface area contributed by atoms with E-state index in [1.54, 1.807) is 14.2 Å². The van der Waals surface area contributed by atoms with Gasteiger partial charge in [-0.1, -0.05) is 13.8 Å². The van der Waals surface area contributed by atoms with Crippen molar-refractivity contribution in [1.29, 1.82) is 0 Å².